The Morgan fingerprint density at radius 2 is 1.85 bits per heavy atom. The second-order valence-corrected chi connectivity index (χ2v) is 2.18. The van der Waals surface area contributed by atoms with Gasteiger partial charge in [-0.25, -0.2) is 13.2 Å². The van der Waals surface area contributed by atoms with Gasteiger partial charge in [-0.15, -0.1) is 0 Å². The summed E-state index contributed by atoms with van der Waals surface area (Å²) in [5, 5.41) is 8.26. The van der Waals surface area contributed by atoms with Crippen LogP contribution in [0.5, 0.6) is 0 Å². The Bertz CT molecular complexity index is 409. The summed E-state index contributed by atoms with van der Waals surface area (Å²) in [5.41, 5.74) is -1.36. The van der Waals surface area contributed by atoms with Gasteiger partial charge in [0, 0.05) is 0 Å². The minimum atomic E-state index is -1.80. The molecule has 1 rings (SSSR count). The zero-order chi connectivity index (χ0) is 10.0. The van der Waals surface area contributed by atoms with Crippen LogP contribution in [0.3, 0.4) is 0 Å². The molecule has 13 heavy (non-hydrogen) atoms. The first-order valence-electron chi connectivity index (χ1n) is 3.14. The standard InChI is InChI=1S/C8H2F3NO/c9-6-4(2-12)1-5(3-13)7(10)8(6)11/h1,3H. The lowest BCUT2D eigenvalue weighted by Crippen LogP contribution is -2.00. The summed E-state index contributed by atoms with van der Waals surface area (Å²) in [7, 11) is 0. The van der Waals surface area contributed by atoms with Crippen molar-refractivity contribution in [3.8, 4) is 6.07 Å². The Morgan fingerprint density at radius 1 is 1.23 bits per heavy atom. The molecule has 0 saturated carbocycles. The third kappa shape index (κ3) is 1.38. The van der Waals surface area contributed by atoms with E-state index in [1.54, 1.807) is 0 Å². The van der Waals surface area contributed by atoms with E-state index in [4.69, 9.17) is 5.26 Å². The van der Waals surface area contributed by atoms with Crippen molar-refractivity contribution in [2.75, 3.05) is 0 Å². The van der Waals surface area contributed by atoms with E-state index in [0.717, 1.165) is 0 Å². The van der Waals surface area contributed by atoms with Crippen molar-refractivity contribution < 1.29 is 18.0 Å². The van der Waals surface area contributed by atoms with E-state index in [1.807, 2.05) is 0 Å². The lowest BCUT2D eigenvalue weighted by atomic mass is 10.1. The highest BCUT2D eigenvalue weighted by atomic mass is 19.2. The van der Waals surface area contributed by atoms with Crippen molar-refractivity contribution >= 4 is 6.29 Å². The zero-order valence-corrected chi connectivity index (χ0v) is 6.14. The molecule has 0 aliphatic carbocycles. The molecule has 0 heterocycles. The number of carbonyl (C=O) groups is 1. The van der Waals surface area contributed by atoms with Gasteiger partial charge in [0.05, 0.1) is 11.1 Å². The number of nitriles is 1. The van der Waals surface area contributed by atoms with Crippen molar-refractivity contribution in [3.05, 3.63) is 34.6 Å². The third-order valence-corrected chi connectivity index (χ3v) is 1.42. The molecule has 0 saturated heterocycles. The van der Waals surface area contributed by atoms with E-state index in [1.165, 1.54) is 6.07 Å². The highest BCUT2D eigenvalue weighted by Crippen LogP contribution is 2.17. The maximum Gasteiger partial charge on any atom is 0.196 e. The first kappa shape index (κ1) is 9.26. The van der Waals surface area contributed by atoms with E-state index in [0.29, 0.717) is 6.07 Å². The van der Waals surface area contributed by atoms with Crippen LogP contribution in [0.1, 0.15) is 15.9 Å². The molecule has 0 aliphatic rings. The number of aldehydes is 1. The van der Waals surface area contributed by atoms with E-state index in [2.05, 4.69) is 0 Å². The number of hydrogen-bond acceptors (Lipinski definition) is 2. The summed E-state index contributed by atoms with van der Waals surface area (Å²) in [4.78, 5) is 10.1. The van der Waals surface area contributed by atoms with Gasteiger partial charge in [-0.05, 0) is 6.07 Å². The Labute approximate surface area is 71.2 Å². The highest BCUT2D eigenvalue weighted by Gasteiger charge is 2.17. The highest BCUT2D eigenvalue weighted by molar-refractivity contribution is 5.76. The van der Waals surface area contributed by atoms with Crippen LogP contribution in [-0.4, -0.2) is 6.29 Å². The second kappa shape index (κ2) is 3.27. The van der Waals surface area contributed by atoms with Gasteiger partial charge in [-0.2, -0.15) is 5.26 Å². The van der Waals surface area contributed by atoms with Crippen molar-refractivity contribution in [2.24, 2.45) is 0 Å². The summed E-state index contributed by atoms with van der Waals surface area (Å²) in [6.45, 7) is 0. The monoisotopic (exact) mass is 185 g/mol. The SMILES string of the molecule is N#Cc1cc(C=O)c(F)c(F)c1F. The van der Waals surface area contributed by atoms with Gasteiger partial charge in [0.1, 0.15) is 6.07 Å². The molecule has 0 bridgehead atoms. The van der Waals surface area contributed by atoms with Crippen LogP contribution in [0.2, 0.25) is 0 Å². The number of nitrogens with zero attached hydrogens (tertiary/aromatic N) is 1. The molecule has 0 radical (unpaired) electrons. The second-order valence-electron chi connectivity index (χ2n) is 2.18. The minimum Gasteiger partial charge on any atom is -0.298 e. The quantitative estimate of drug-likeness (QED) is 0.494. The average molecular weight is 185 g/mol. The third-order valence-electron chi connectivity index (χ3n) is 1.42. The lowest BCUT2D eigenvalue weighted by molar-refractivity contribution is 0.111. The minimum absolute atomic E-state index is 0.0126. The largest absolute Gasteiger partial charge is 0.298 e. The van der Waals surface area contributed by atoms with Gasteiger partial charge in [0.15, 0.2) is 23.7 Å². The van der Waals surface area contributed by atoms with Crippen molar-refractivity contribution in [2.45, 2.75) is 0 Å². The Morgan fingerprint density at radius 3 is 2.31 bits per heavy atom. The van der Waals surface area contributed by atoms with Gasteiger partial charge in [0.2, 0.25) is 0 Å². The molecule has 5 heteroatoms. The molecule has 1 aromatic carbocycles. The number of rotatable bonds is 1. The number of carbonyl (C=O) groups excluding carboxylic acids is 1. The fraction of sp³-hybridized carbons (Fsp3) is 0. The number of benzene rings is 1. The molecular formula is C8H2F3NO. The maximum atomic E-state index is 12.6. The Balaban J connectivity index is 3.56. The van der Waals surface area contributed by atoms with Crippen molar-refractivity contribution in [1.29, 1.82) is 5.26 Å². The van der Waals surface area contributed by atoms with E-state index < -0.39 is 28.6 Å². The lowest BCUT2D eigenvalue weighted by Gasteiger charge is -1.99. The molecule has 0 aromatic heterocycles. The fourth-order valence-electron chi connectivity index (χ4n) is 0.791. The Hall–Kier alpha value is -1.83. The zero-order valence-electron chi connectivity index (χ0n) is 6.14. The molecule has 0 spiro atoms. The smallest absolute Gasteiger partial charge is 0.196 e. The van der Waals surface area contributed by atoms with E-state index in [9.17, 15) is 18.0 Å². The van der Waals surface area contributed by atoms with Crippen molar-refractivity contribution in [3.63, 3.8) is 0 Å². The fourth-order valence-corrected chi connectivity index (χ4v) is 0.791. The molecule has 0 N–H and O–H groups in total. The van der Waals surface area contributed by atoms with E-state index in [-0.39, 0.29) is 6.29 Å². The van der Waals surface area contributed by atoms with Crippen LogP contribution < -0.4 is 0 Å². The molecule has 0 atom stereocenters. The summed E-state index contributed by atoms with van der Waals surface area (Å²) in [5.74, 6) is -4.96. The van der Waals surface area contributed by atoms with Gasteiger partial charge in [-0.1, -0.05) is 0 Å². The normalized spacial score (nSPS) is 9.38. The molecule has 66 valence electrons. The average Bonchev–Trinajstić information content (AvgIpc) is 2.15. The summed E-state index contributed by atoms with van der Waals surface area (Å²) < 4.78 is 37.8. The molecule has 0 fully saturated rings. The topological polar surface area (TPSA) is 40.9 Å². The maximum absolute atomic E-state index is 12.6. The number of halogens is 3. The molecule has 0 amide bonds. The predicted molar refractivity (Wildman–Crippen MR) is 36.4 cm³/mol. The first-order chi connectivity index (χ1) is 6.11. The van der Waals surface area contributed by atoms with Gasteiger partial charge < -0.3 is 0 Å². The van der Waals surface area contributed by atoms with Gasteiger partial charge in [0.25, 0.3) is 0 Å². The first-order valence-corrected chi connectivity index (χ1v) is 3.14. The molecule has 0 aliphatic heterocycles. The molecular weight excluding hydrogens is 183 g/mol. The summed E-state index contributed by atoms with van der Waals surface area (Å²) in [6.07, 6.45) is 0.0126. The van der Waals surface area contributed by atoms with Crippen LogP contribution >= 0.6 is 0 Å². The van der Waals surface area contributed by atoms with Gasteiger partial charge >= 0.3 is 0 Å². The summed E-state index contributed by atoms with van der Waals surface area (Å²) in [6, 6.07) is 1.95. The van der Waals surface area contributed by atoms with Crippen LogP contribution in [0, 0.1) is 28.8 Å². The van der Waals surface area contributed by atoms with Crippen LogP contribution in [0.15, 0.2) is 6.07 Å². The molecule has 2 nitrogen and oxygen atoms in total. The predicted octanol–water partition coefficient (Wildman–Crippen LogP) is 1.79. The van der Waals surface area contributed by atoms with Crippen LogP contribution in [0.25, 0.3) is 0 Å². The van der Waals surface area contributed by atoms with Crippen molar-refractivity contribution in [1.82, 2.24) is 0 Å². The van der Waals surface area contributed by atoms with Crippen LogP contribution in [-0.2, 0) is 0 Å². The van der Waals surface area contributed by atoms with Crippen LogP contribution in [0.4, 0.5) is 13.2 Å². The Kier molecular flexibility index (Phi) is 2.33. The summed E-state index contributed by atoms with van der Waals surface area (Å²) >= 11 is 0. The number of hydrogen-bond donors (Lipinski definition) is 0. The van der Waals surface area contributed by atoms with Gasteiger partial charge in [-0.3, -0.25) is 4.79 Å². The van der Waals surface area contributed by atoms with E-state index >= 15 is 0 Å². The molecule has 1 aromatic rings. The molecule has 0 unspecified atom stereocenters.